The maximum absolute atomic E-state index is 6.01. The van der Waals surface area contributed by atoms with Crippen LogP contribution in [-0.4, -0.2) is 62.7 Å². The number of para-hydroxylation sites is 1. The van der Waals surface area contributed by atoms with Crippen molar-refractivity contribution in [3.05, 3.63) is 42.5 Å². The van der Waals surface area contributed by atoms with Crippen molar-refractivity contribution in [3.63, 3.8) is 0 Å². The molecule has 1 aromatic heterocycles. The van der Waals surface area contributed by atoms with E-state index in [0.717, 1.165) is 24.4 Å². The number of nitrogens with zero attached hydrogens (tertiary/aromatic N) is 3. The molecule has 0 saturated carbocycles. The van der Waals surface area contributed by atoms with Crippen molar-refractivity contribution in [1.29, 1.82) is 0 Å². The van der Waals surface area contributed by atoms with Crippen molar-refractivity contribution >= 4 is 16.9 Å². The standard InChI is InChI=1S/C22H23N3O5/c1-2-4-16(5-3-1)27-10-13-30-22-21(25-6-8-26-9-7-25)23-17-14-19-20(15-18(17)24-22)29-12-11-28-19/h1-5,14-15H,6-13H2. The molecule has 156 valence electrons. The minimum absolute atomic E-state index is 0.358. The fraction of sp³-hybridized carbons (Fsp3) is 0.364. The predicted molar refractivity (Wildman–Crippen MR) is 111 cm³/mol. The lowest BCUT2D eigenvalue weighted by atomic mass is 10.2. The van der Waals surface area contributed by atoms with Crippen molar-refractivity contribution < 1.29 is 23.7 Å². The molecule has 8 nitrogen and oxygen atoms in total. The maximum Gasteiger partial charge on any atom is 0.258 e. The second kappa shape index (κ2) is 8.62. The molecule has 0 spiro atoms. The Balaban J connectivity index is 1.40. The van der Waals surface area contributed by atoms with Gasteiger partial charge in [0.15, 0.2) is 17.3 Å². The highest BCUT2D eigenvalue weighted by atomic mass is 16.6. The SMILES string of the molecule is c1ccc(OCCOc2nc3cc4c(cc3nc2N2CCOCC2)OCCO4)cc1. The van der Waals surface area contributed by atoms with E-state index in [9.17, 15) is 0 Å². The van der Waals surface area contributed by atoms with E-state index in [1.807, 2.05) is 42.5 Å². The number of benzene rings is 2. The van der Waals surface area contributed by atoms with Crippen molar-refractivity contribution in [2.24, 2.45) is 0 Å². The molecule has 0 radical (unpaired) electrons. The molecule has 0 atom stereocenters. The smallest absolute Gasteiger partial charge is 0.258 e. The first kappa shape index (κ1) is 18.7. The molecule has 0 aliphatic carbocycles. The van der Waals surface area contributed by atoms with E-state index in [4.69, 9.17) is 33.7 Å². The van der Waals surface area contributed by atoms with Crippen LogP contribution in [0.1, 0.15) is 0 Å². The number of fused-ring (bicyclic) bond motifs is 2. The maximum atomic E-state index is 6.01. The Kier molecular flexibility index (Phi) is 5.39. The monoisotopic (exact) mass is 409 g/mol. The molecular weight excluding hydrogens is 386 g/mol. The number of hydrogen-bond donors (Lipinski definition) is 0. The molecule has 0 amide bonds. The van der Waals surface area contributed by atoms with Gasteiger partial charge in [-0.1, -0.05) is 18.2 Å². The molecule has 30 heavy (non-hydrogen) atoms. The molecule has 3 aromatic rings. The first-order valence-corrected chi connectivity index (χ1v) is 10.1. The Morgan fingerprint density at radius 1 is 0.800 bits per heavy atom. The average molecular weight is 409 g/mol. The lowest BCUT2D eigenvalue weighted by Crippen LogP contribution is -2.37. The van der Waals surface area contributed by atoms with E-state index in [2.05, 4.69) is 4.90 Å². The van der Waals surface area contributed by atoms with E-state index < -0.39 is 0 Å². The van der Waals surface area contributed by atoms with E-state index in [1.165, 1.54) is 0 Å². The van der Waals surface area contributed by atoms with E-state index >= 15 is 0 Å². The third kappa shape index (κ3) is 4.04. The number of anilines is 1. The van der Waals surface area contributed by atoms with Crippen molar-refractivity contribution in [2.45, 2.75) is 0 Å². The zero-order chi connectivity index (χ0) is 20.2. The quantitative estimate of drug-likeness (QED) is 0.576. The van der Waals surface area contributed by atoms with Gasteiger partial charge in [0, 0.05) is 25.2 Å². The second-order valence-corrected chi connectivity index (χ2v) is 6.95. The van der Waals surface area contributed by atoms with Crippen molar-refractivity contribution in [2.75, 3.05) is 57.6 Å². The first-order chi connectivity index (χ1) is 14.9. The van der Waals surface area contributed by atoms with Crippen molar-refractivity contribution in [1.82, 2.24) is 9.97 Å². The van der Waals surface area contributed by atoms with Crippen LogP contribution in [0, 0.1) is 0 Å². The molecule has 0 bridgehead atoms. The number of rotatable bonds is 6. The predicted octanol–water partition coefficient (Wildman–Crippen LogP) is 2.70. The zero-order valence-electron chi connectivity index (χ0n) is 16.6. The van der Waals surface area contributed by atoms with Gasteiger partial charge in [0.25, 0.3) is 5.88 Å². The van der Waals surface area contributed by atoms with Gasteiger partial charge in [0.1, 0.15) is 32.2 Å². The zero-order valence-corrected chi connectivity index (χ0v) is 16.6. The van der Waals surface area contributed by atoms with Gasteiger partial charge >= 0.3 is 0 Å². The van der Waals surface area contributed by atoms with Gasteiger partial charge in [-0.05, 0) is 12.1 Å². The Morgan fingerprint density at radius 2 is 1.47 bits per heavy atom. The lowest BCUT2D eigenvalue weighted by Gasteiger charge is -2.29. The number of hydrogen-bond acceptors (Lipinski definition) is 8. The van der Waals surface area contributed by atoms with Crippen LogP contribution in [0.15, 0.2) is 42.5 Å². The van der Waals surface area contributed by atoms with E-state index in [-0.39, 0.29) is 0 Å². The van der Waals surface area contributed by atoms with E-state index in [0.29, 0.717) is 68.4 Å². The normalized spacial score (nSPS) is 15.8. The summed E-state index contributed by atoms with van der Waals surface area (Å²) in [5, 5.41) is 0. The van der Waals surface area contributed by atoms with Gasteiger partial charge in [-0.25, -0.2) is 9.97 Å². The minimum atomic E-state index is 0.358. The summed E-state index contributed by atoms with van der Waals surface area (Å²) in [7, 11) is 0. The Morgan fingerprint density at radius 3 is 2.20 bits per heavy atom. The highest BCUT2D eigenvalue weighted by Gasteiger charge is 2.22. The minimum Gasteiger partial charge on any atom is -0.490 e. The largest absolute Gasteiger partial charge is 0.490 e. The van der Waals surface area contributed by atoms with Crippen LogP contribution in [0.4, 0.5) is 5.82 Å². The van der Waals surface area contributed by atoms with Gasteiger partial charge in [-0.3, -0.25) is 0 Å². The molecule has 0 N–H and O–H groups in total. The summed E-state index contributed by atoms with van der Waals surface area (Å²) in [6, 6.07) is 13.4. The highest BCUT2D eigenvalue weighted by molar-refractivity contribution is 5.81. The summed E-state index contributed by atoms with van der Waals surface area (Å²) in [5.74, 6) is 3.38. The molecule has 2 aliphatic rings. The molecule has 1 fully saturated rings. The Hall–Kier alpha value is -3.26. The molecule has 2 aromatic carbocycles. The van der Waals surface area contributed by atoms with Gasteiger partial charge < -0.3 is 28.6 Å². The van der Waals surface area contributed by atoms with Crippen LogP contribution in [0.25, 0.3) is 11.0 Å². The van der Waals surface area contributed by atoms with Gasteiger partial charge in [-0.2, -0.15) is 0 Å². The number of ether oxygens (including phenoxy) is 5. The Labute approximate surface area is 174 Å². The van der Waals surface area contributed by atoms with Gasteiger partial charge in [-0.15, -0.1) is 0 Å². The van der Waals surface area contributed by atoms with Gasteiger partial charge in [0.05, 0.1) is 24.2 Å². The van der Waals surface area contributed by atoms with Crippen LogP contribution < -0.4 is 23.8 Å². The summed E-state index contributed by atoms with van der Waals surface area (Å²) in [4.78, 5) is 11.7. The van der Waals surface area contributed by atoms with Crippen LogP contribution in [0.2, 0.25) is 0 Å². The molecular formula is C22H23N3O5. The summed E-state index contributed by atoms with van der Waals surface area (Å²) >= 11 is 0. The summed E-state index contributed by atoms with van der Waals surface area (Å²) < 4.78 is 28.6. The average Bonchev–Trinajstić information content (AvgIpc) is 2.81. The summed E-state index contributed by atoms with van der Waals surface area (Å²) in [6.07, 6.45) is 0. The van der Waals surface area contributed by atoms with Gasteiger partial charge in [0.2, 0.25) is 0 Å². The molecule has 0 unspecified atom stereocenters. The summed E-state index contributed by atoms with van der Waals surface area (Å²) in [6.45, 7) is 4.60. The van der Waals surface area contributed by atoms with Crippen LogP contribution in [0.5, 0.6) is 23.1 Å². The topological polar surface area (TPSA) is 75.2 Å². The molecule has 8 heteroatoms. The highest BCUT2D eigenvalue weighted by Crippen LogP contribution is 2.36. The molecule has 5 rings (SSSR count). The summed E-state index contributed by atoms with van der Waals surface area (Å²) in [5.41, 5.74) is 1.45. The molecule has 2 aliphatic heterocycles. The fourth-order valence-electron chi connectivity index (χ4n) is 3.46. The van der Waals surface area contributed by atoms with Crippen molar-refractivity contribution in [3.8, 4) is 23.1 Å². The van der Waals surface area contributed by atoms with E-state index in [1.54, 1.807) is 0 Å². The third-order valence-corrected chi connectivity index (χ3v) is 4.92. The molecule has 3 heterocycles. The number of morpholine rings is 1. The molecule has 1 saturated heterocycles. The second-order valence-electron chi connectivity index (χ2n) is 6.95. The Bertz CT molecular complexity index is 1010. The van der Waals surface area contributed by atoms with Crippen LogP contribution in [-0.2, 0) is 4.74 Å². The lowest BCUT2D eigenvalue weighted by molar-refractivity contribution is 0.121. The van der Waals surface area contributed by atoms with Crippen LogP contribution >= 0.6 is 0 Å². The van der Waals surface area contributed by atoms with Crippen LogP contribution in [0.3, 0.4) is 0 Å². The third-order valence-electron chi connectivity index (χ3n) is 4.92. The number of aromatic nitrogens is 2. The fourth-order valence-corrected chi connectivity index (χ4v) is 3.46. The first-order valence-electron chi connectivity index (χ1n) is 10.1.